The summed E-state index contributed by atoms with van der Waals surface area (Å²) in [7, 11) is -1.97. The van der Waals surface area contributed by atoms with Gasteiger partial charge in [0.1, 0.15) is 11.3 Å². The number of hydrogen-bond donors (Lipinski definition) is 7. The molecule has 0 fully saturated rings. The van der Waals surface area contributed by atoms with E-state index in [4.69, 9.17) is 15.9 Å². The van der Waals surface area contributed by atoms with E-state index in [1.54, 1.807) is 12.1 Å². The van der Waals surface area contributed by atoms with E-state index in [1.165, 1.54) is 24.4 Å². The topological polar surface area (TPSA) is 208 Å². The number of ether oxygens (including phenoxy) is 1. The fourth-order valence-corrected chi connectivity index (χ4v) is 2.93. The van der Waals surface area contributed by atoms with Crippen molar-refractivity contribution in [3.05, 3.63) is 58.9 Å². The number of guanidine groups is 1. The number of nitrogens with one attached hydrogen (secondary N) is 3. The van der Waals surface area contributed by atoms with E-state index in [-0.39, 0.29) is 48.7 Å². The van der Waals surface area contributed by atoms with Crippen LogP contribution in [0, 0.1) is 5.41 Å². The summed E-state index contributed by atoms with van der Waals surface area (Å²) in [5, 5.41) is 40.9. The Morgan fingerprint density at radius 1 is 1.31 bits per heavy atom. The third-order valence-corrected chi connectivity index (χ3v) is 4.34. The van der Waals surface area contributed by atoms with Gasteiger partial charge in [-0.15, -0.1) is 0 Å². The van der Waals surface area contributed by atoms with Gasteiger partial charge in [-0.2, -0.15) is 0 Å². The number of aromatic carboxylic acids is 1. The number of carboxylic acid groups (broad SMARTS) is 1. The smallest absolute Gasteiger partial charge is 0.475 e. The molecule has 8 N–H and O–H groups in total. The van der Waals surface area contributed by atoms with Gasteiger partial charge in [-0.3, -0.25) is 20.0 Å². The van der Waals surface area contributed by atoms with Crippen molar-refractivity contribution >= 4 is 31.4 Å². The molecule has 1 unspecified atom stereocenters. The first-order valence-electron chi connectivity index (χ1n) is 9.34. The molecular formula is C19H22BN5O7. The van der Waals surface area contributed by atoms with Crippen LogP contribution in [0.25, 0.3) is 0 Å². The summed E-state index contributed by atoms with van der Waals surface area (Å²) in [6, 6.07) is 7.33. The molecule has 0 saturated heterocycles. The van der Waals surface area contributed by atoms with Gasteiger partial charge in [0.15, 0.2) is 5.96 Å². The first-order valence-corrected chi connectivity index (χ1v) is 9.34. The Kier molecular flexibility index (Phi) is 8.68. The van der Waals surface area contributed by atoms with Gasteiger partial charge in [-0.25, -0.2) is 4.79 Å². The van der Waals surface area contributed by atoms with Crippen LogP contribution in [-0.2, 0) is 29.0 Å². The summed E-state index contributed by atoms with van der Waals surface area (Å²) >= 11 is 0. The second-order valence-electron chi connectivity index (χ2n) is 6.70. The van der Waals surface area contributed by atoms with Crippen molar-refractivity contribution in [2.45, 2.75) is 25.3 Å². The summed E-state index contributed by atoms with van der Waals surface area (Å²) in [6.45, 7) is 0.262. The van der Waals surface area contributed by atoms with Crippen molar-refractivity contribution in [3.8, 4) is 5.75 Å². The lowest BCUT2D eigenvalue weighted by molar-refractivity contribution is -0.121. The van der Waals surface area contributed by atoms with E-state index < -0.39 is 24.9 Å². The maximum absolute atomic E-state index is 12.5. The number of nitrogens with zero attached hydrogens (tertiary/aromatic N) is 1. The van der Waals surface area contributed by atoms with Crippen LogP contribution in [0.4, 0.5) is 0 Å². The van der Waals surface area contributed by atoms with Crippen LogP contribution in [0.15, 0.2) is 36.5 Å². The zero-order valence-electron chi connectivity index (χ0n) is 16.8. The molecule has 1 amide bonds. The van der Waals surface area contributed by atoms with Crippen LogP contribution in [0.2, 0.25) is 0 Å². The number of carbonyl (C=O) groups is 3. The number of pyridine rings is 1. The van der Waals surface area contributed by atoms with Crippen molar-refractivity contribution < 1.29 is 34.3 Å². The highest BCUT2D eigenvalue weighted by Gasteiger charge is 2.28. The number of amides is 1. The van der Waals surface area contributed by atoms with Crippen LogP contribution < -0.4 is 21.1 Å². The monoisotopic (exact) mass is 443 g/mol. The predicted molar refractivity (Wildman–Crippen MR) is 113 cm³/mol. The highest BCUT2D eigenvalue weighted by molar-refractivity contribution is 6.43. The average molecular weight is 443 g/mol. The molecule has 2 aromatic rings. The van der Waals surface area contributed by atoms with Gasteiger partial charge in [-0.1, -0.05) is 12.1 Å². The third-order valence-electron chi connectivity index (χ3n) is 4.34. The highest BCUT2D eigenvalue weighted by atomic mass is 16.5. The molecule has 2 rings (SSSR count). The molecule has 13 heteroatoms. The fraction of sp³-hybridized carbons (Fsp3) is 0.211. The Hall–Kier alpha value is -3.97. The van der Waals surface area contributed by atoms with Crippen molar-refractivity contribution in [1.82, 2.24) is 15.6 Å². The van der Waals surface area contributed by atoms with Gasteiger partial charge in [0.2, 0.25) is 5.91 Å². The average Bonchev–Trinajstić information content (AvgIpc) is 2.73. The minimum absolute atomic E-state index is 0.0657. The number of nitrogens with two attached hydrogens (primary N) is 1. The molecule has 0 aliphatic rings. The summed E-state index contributed by atoms with van der Waals surface area (Å²) in [5.74, 6) is -3.54. The second-order valence-corrected chi connectivity index (χ2v) is 6.70. The molecule has 0 bridgehead atoms. The lowest BCUT2D eigenvalue weighted by Crippen LogP contribution is -2.48. The summed E-state index contributed by atoms with van der Waals surface area (Å²) in [6.07, 6.45) is 1.17. The molecule has 1 atom stereocenters. The van der Waals surface area contributed by atoms with E-state index in [9.17, 15) is 29.5 Å². The van der Waals surface area contributed by atoms with E-state index in [0.717, 1.165) is 0 Å². The third kappa shape index (κ3) is 7.07. The number of benzene rings is 1. The van der Waals surface area contributed by atoms with Gasteiger partial charge in [0, 0.05) is 6.20 Å². The standard InChI is InChI=1S/C19H22BN5O7/c21-19(22)24-9-13-6-11(4-5-23-13)7-16(27)25-15(20(30)31)8-12-2-1-3-14(18(28)29)17(12)32-10-26/h1-6,10,15,30-31H,7-9H2,(H,25,27)(H,28,29)(H4,21,22,24). The number of hydrogen-bond acceptors (Lipinski definition) is 8. The van der Waals surface area contributed by atoms with Gasteiger partial charge in [-0.05, 0) is 35.7 Å². The molecule has 1 heterocycles. The van der Waals surface area contributed by atoms with Crippen LogP contribution in [0.3, 0.4) is 0 Å². The van der Waals surface area contributed by atoms with Gasteiger partial charge < -0.3 is 36.3 Å². The molecule has 32 heavy (non-hydrogen) atoms. The normalized spacial score (nSPS) is 11.2. The van der Waals surface area contributed by atoms with E-state index in [2.05, 4.69) is 15.6 Å². The lowest BCUT2D eigenvalue weighted by Gasteiger charge is -2.19. The Balaban J connectivity index is 2.13. The Labute approximate surface area is 183 Å². The van der Waals surface area contributed by atoms with E-state index in [0.29, 0.717) is 11.3 Å². The van der Waals surface area contributed by atoms with Crippen molar-refractivity contribution in [3.63, 3.8) is 0 Å². The highest BCUT2D eigenvalue weighted by Crippen LogP contribution is 2.25. The second kappa shape index (κ2) is 11.4. The summed E-state index contributed by atoms with van der Waals surface area (Å²) in [5.41, 5.74) is 6.27. The SMILES string of the molecule is N=C(N)NCc1cc(CC(=O)NC(Cc2cccc(C(=O)O)c2OC=O)B(O)O)ccn1. The Morgan fingerprint density at radius 2 is 2.06 bits per heavy atom. The van der Waals surface area contributed by atoms with Crippen LogP contribution in [0.1, 0.15) is 27.2 Å². The van der Waals surface area contributed by atoms with Gasteiger partial charge in [0.05, 0.1) is 24.6 Å². The fourth-order valence-electron chi connectivity index (χ4n) is 2.93. The van der Waals surface area contributed by atoms with Crippen LogP contribution in [-0.4, -0.2) is 57.5 Å². The van der Waals surface area contributed by atoms with Crippen LogP contribution in [0.5, 0.6) is 5.75 Å². The largest absolute Gasteiger partial charge is 0.478 e. The molecule has 1 aromatic heterocycles. The van der Waals surface area contributed by atoms with Crippen molar-refractivity contribution in [2.75, 3.05) is 0 Å². The molecular weight excluding hydrogens is 421 g/mol. The number of carboxylic acids is 1. The van der Waals surface area contributed by atoms with E-state index >= 15 is 0 Å². The Bertz CT molecular complexity index is 1000. The first-order chi connectivity index (χ1) is 15.2. The molecule has 0 aliphatic carbocycles. The molecule has 0 spiro atoms. The number of aromatic nitrogens is 1. The molecule has 168 valence electrons. The predicted octanol–water partition coefficient (Wildman–Crippen LogP) is -1.42. The quantitative estimate of drug-likeness (QED) is 0.0933. The zero-order valence-corrected chi connectivity index (χ0v) is 16.8. The molecule has 1 aromatic carbocycles. The summed E-state index contributed by atoms with van der Waals surface area (Å²) < 4.78 is 4.79. The molecule has 0 radical (unpaired) electrons. The first kappa shape index (κ1) is 24.3. The van der Waals surface area contributed by atoms with E-state index in [1.807, 2.05) is 0 Å². The number of para-hydroxylation sites is 1. The van der Waals surface area contributed by atoms with Gasteiger partial charge >= 0.3 is 13.1 Å². The van der Waals surface area contributed by atoms with Gasteiger partial charge in [0.25, 0.3) is 6.47 Å². The number of rotatable bonds is 11. The molecule has 12 nitrogen and oxygen atoms in total. The Morgan fingerprint density at radius 3 is 2.69 bits per heavy atom. The zero-order chi connectivity index (χ0) is 23.7. The molecule has 0 aliphatic heterocycles. The van der Waals surface area contributed by atoms with Crippen molar-refractivity contribution in [2.24, 2.45) is 5.73 Å². The van der Waals surface area contributed by atoms with Crippen molar-refractivity contribution in [1.29, 1.82) is 5.41 Å². The minimum atomic E-state index is -1.97. The number of carbonyl (C=O) groups excluding carboxylic acids is 2. The molecule has 0 saturated carbocycles. The lowest BCUT2D eigenvalue weighted by atomic mass is 9.75. The minimum Gasteiger partial charge on any atom is -0.478 e. The summed E-state index contributed by atoms with van der Waals surface area (Å²) in [4.78, 5) is 38.7. The van der Waals surface area contributed by atoms with Crippen LogP contribution >= 0.6 is 0 Å². The maximum Gasteiger partial charge on any atom is 0.475 e. The maximum atomic E-state index is 12.5.